The monoisotopic (exact) mass is 402 g/mol. The second-order valence-corrected chi connectivity index (χ2v) is 6.55. The first-order valence-electron chi connectivity index (χ1n) is 9.40. The van der Waals surface area contributed by atoms with Crippen LogP contribution in [-0.2, 0) is 11.4 Å². The Hall–Kier alpha value is -4.00. The Morgan fingerprint density at radius 1 is 1.00 bits per heavy atom. The summed E-state index contributed by atoms with van der Waals surface area (Å²) < 4.78 is 5.73. The summed E-state index contributed by atoms with van der Waals surface area (Å²) in [6.07, 6.45) is 3.08. The van der Waals surface area contributed by atoms with Crippen molar-refractivity contribution in [3.8, 4) is 5.75 Å². The molecule has 30 heavy (non-hydrogen) atoms. The Balaban J connectivity index is 1.45. The summed E-state index contributed by atoms with van der Waals surface area (Å²) in [5.41, 5.74) is 5.03. The zero-order chi connectivity index (χ0) is 21.2. The van der Waals surface area contributed by atoms with Crippen LogP contribution < -0.4 is 15.5 Å². The van der Waals surface area contributed by atoms with E-state index in [-0.39, 0.29) is 18.2 Å². The van der Waals surface area contributed by atoms with Crippen molar-refractivity contribution in [3.05, 3.63) is 90.3 Å². The molecule has 0 bridgehead atoms. The van der Waals surface area contributed by atoms with E-state index in [1.165, 1.54) is 6.20 Å². The van der Waals surface area contributed by atoms with Crippen molar-refractivity contribution in [2.75, 3.05) is 5.32 Å². The van der Waals surface area contributed by atoms with Gasteiger partial charge in [-0.3, -0.25) is 14.6 Å². The highest BCUT2D eigenvalue weighted by Gasteiger charge is 2.07. The van der Waals surface area contributed by atoms with Gasteiger partial charge in [0.05, 0.1) is 12.0 Å². The van der Waals surface area contributed by atoms with Crippen LogP contribution in [0.2, 0.25) is 0 Å². The van der Waals surface area contributed by atoms with Crippen molar-refractivity contribution >= 4 is 23.2 Å². The molecular formula is C23H22N4O3. The van der Waals surface area contributed by atoms with Gasteiger partial charge >= 0.3 is 0 Å². The fourth-order valence-electron chi connectivity index (χ4n) is 2.56. The van der Waals surface area contributed by atoms with Crippen LogP contribution in [0.3, 0.4) is 0 Å². The number of hydrogen-bond acceptors (Lipinski definition) is 5. The number of ether oxygens (including phenoxy) is 1. The van der Waals surface area contributed by atoms with Crippen LogP contribution in [-0.4, -0.2) is 22.5 Å². The van der Waals surface area contributed by atoms with Crippen LogP contribution in [0.1, 0.15) is 29.3 Å². The maximum Gasteiger partial charge on any atom is 0.272 e. The molecule has 3 aromatic rings. The zero-order valence-corrected chi connectivity index (χ0v) is 16.5. The highest BCUT2D eigenvalue weighted by Crippen LogP contribution is 2.17. The molecule has 2 amide bonds. The topological polar surface area (TPSA) is 92.7 Å². The maximum absolute atomic E-state index is 12.2. The Morgan fingerprint density at radius 2 is 1.77 bits per heavy atom. The molecule has 0 aliphatic heterocycles. The quantitative estimate of drug-likeness (QED) is 0.443. The van der Waals surface area contributed by atoms with Gasteiger partial charge in [-0.1, -0.05) is 30.3 Å². The van der Waals surface area contributed by atoms with Crippen LogP contribution in [0.15, 0.2) is 84.2 Å². The number of nitrogens with zero attached hydrogens (tertiary/aromatic N) is 2. The molecule has 0 saturated carbocycles. The van der Waals surface area contributed by atoms with Gasteiger partial charge in [0.15, 0.2) is 0 Å². The number of hydrazone groups is 1. The Labute approximate surface area is 174 Å². The molecule has 1 aromatic heterocycles. The van der Waals surface area contributed by atoms with E-state index < -0.39 is 0 Å². The zero-order valence-electron chi connectivity index (χ0n) is 16.5. The van der Waals surface area contributed by atoms with E-state index in [1.807, 2.05) is 30.3 Å². The molecule has 0 aliphatic rings. The normalized spacial score (nSPS) is 10.9. The number of rotatable bonds is 8. The van der Waals surface area contributed by atoms with Gasteiger partial charge in [0.25, 0.3) is 5.91 Å². The molecule has 7 heteroatoms. The van der Waals surface area contributed by atoms with E-state index in [4.69, 9.17) is 4.74 Å². The third-order valence-corrected chi connectivity index (χ3v) is 4.07. The lowest BCUT2D eigenvalue weighted by molar-refractivity contribution is -0.115. The molecule has 0 radical (unpaired) electrons. The average molecular weight is 402 g/mol. The minimum Gasteiger partial charge on any atom is -0.489 e. The van der Waals surface area contributed by atoms with E-state index in [1.54, 1.807) is 49.5 Å². The first-order chi connectivity index (χ1) is 14.6. The summed E-state index contributed by atoms with van der Waals surface area (Å²) in [4.78, 5) is 28.0. The predicted octanol–water partition coefficient (Wildman–Crippen LogP) is 3.80. The van der Waals surface area contributed by atoms with Crippen molar-refractivity contribution in [2.45, 2.75) is 20.0 Å². The van der Waals surface area contributed by atoms with Crippen LogP contribution >= 0.6 is 0 Å². The van der Waals surface area contributed by atoms with Gasteiger partial charge < -0.3 is 10.1 Å². The van der Waals surface area contributed by atoms with Gasteiger partial charge in [0.2, 0.25) is 5.91 Å². The molecule has 2 aromatic carbocycles. The van der Waals surface area contributed by atoms with Crippen molar-refractivity contribution in [3.63, 3.8) is 0 Å². The lowest BCUT2D eigenvalue weighted by Gasteiger charge is -2.09. The van der Waals surface area contributed by atoms with E-state index in [9.17, 15) is 9.59 Å². The molecule has 0 aliphatic carbocycles. The molecule has 0 saturated heterocycles. The third kappa shape index (κ3) is 6.56. The first kappa shape index (κ1) is 20.7. The number of carbonyl (C=O) groups is 2. The largest absolute Gasteiger partial charge is 0.489 e. The molecule has 3 rings (SSSR count). The average Bonchev–Trinajstić information content (AvgIpc) is 2.78. The second kappa shape index (κ2) is 10.5. The summed E-state index contributed by atoms with van der Waals surface area (Å²) in [7, 11) is 0. The lowest BCUT2D eigenvalue weighted by atomic mass is 10.2. The van der Waals surface area contributed by atoms with E-state index in [0.29, 0.717) is 29.3 Å². The minimum atomic E-state index is -0.381. The van der Waals surface area contributed by atoms with Crippen molar-refractivity contribution in [2.24, 2.45) is 5.10 Å². The number of amides is 2. The van der Waals surface area contributed by atoms with Gasteiger partial charge in [-0.15, -0.1) is 0 Å². The predicted molar refractivity (Wildman–Crippen MR) is 115 cm³/mol. The lowest BCUT2D eigenvalue weighted by Crippen LogP contribution is -2.21. The van der Waals surface area contributed by atoms with Crippen LogP contribution in [0.4, 0.5) is 5.69 Å². The smallest absolute Gasteiger partial charge is 0.272 e. The molecule has 7 nitrogen and oxygen atoms in total. The van der Waals surface area contributed by atoms with Gasteiger partial charge in [-0.05, 0) is 48.9 Å². The summed E-state index contributed by atoms with van der Waals surface area (Å²) in [6.45, 7) is 2.15. The third-order valence-electron chi connectivity index (χ3n) is 4.07. The number of nitrogens with one attached hydrogen (secondary N) is 2. The summed E-state index contributed by atoms with van der Waals surface area (Å²) in [5.74, 6) is 0.103. The number of carbonyl (C=O) groups excluding carboxylic acids is 2. The molecule has 152 valence electrons. The van der Waals surface area contributed by atoms with E-state index in [0.717, 1.165) is 5.56 Å². The van der Waals surface area contributed by atoms with Crippen molar-refractivity contribution < 1.29 is 14.3 Å². The highest BCUT2D eigenvalue weighted by atomic mass is 16.5. The Bertz CT molecular complexity index is 1000. The second-order valence-electron chi connectivity index (χ2n) is 6.55. The summed E-state index contributed by atoms with van der Waals surface area (Å²) in [6, 6.07) is 20.3. The number of hydrogen-bond donors (Lipinski definition) is 2. The SMILES string of the molecule is C/C(CC(=O)Nc1ccc(OCc2ccccc2)cc1)=N\NC(=O)c1cccnc1. The van der Waals surface area contributed by atoms with Crippen LogP contribution in [0.5, 0.6) is 5.75 Å². The van der Waals surface area contributed by atoms with Gasteiger partial charge in [0, 0.05) is 23.8 Å². The van der Waals surface area contributed by atoms with Gasteiger partial charge in [-0.25, -0.2) is 5.43 Å². The Morgan fingerprint density at radius 3 is 2.47 bits per heavy atom. The molecule has 0 spiro atoms. The van der Waals surface area contributed by atoms with Crippen LogP contribution in [0, 0.1) is 0 Å². The fourth-order valence-corrected chi connectivity index (χ4v) is 2.56. The van der Waals surface area contributed by atoms with Crippen molar-refractivity contribution in [1.29, 1.82) is 0 Å². The highest BCUT2D eigenvalue weighted by molar-refractivity contribution is 6.06. The molecule has 0 unspecified atom stereocenters. The summed E-state index contributed by atoms with van der Waals surface area (Å²) in [5, 5.41) is 6.75. The van der Waals surface area contributed by atoms with E-state index in [2.05, 4.69) is 20.8 Å². The molecule has 2 N–H and O–H groups in total. The molecular weight excluding hydrogens is 380 g/mol. The molecule has 1 heterocycles. The number of benzene rings is 2. The van der Waals surface area contributed by atoms with Gasteiger partial charge in [0.1, 0.15) is 12.4 Å². The minimum absolute atomic E-state index is 0.0551. The molecule has 0 atom stereocenters. The van der Waals surface area contributed by atoms with E-state index >= 15 is 0 Å². The maximum atomic E-state index is 12.2. The van der Waals surface area contributed by atoms with Crippen LogP contribution in [0.25, 0.3) is 0 Å². The fraction of sp³-hybridized carbons (Fsp3) is 0.130. The number of pyridine rings is 1. The van der Waals surface area contributed by atoms with Gasteiger partial charge in [-0.2, -0.15) is 5.10 Å². The molecule has 0 fully saturated rings. The Kier molecular flexibility index (Phi) is 7.27. The summed E-state index contributed by atoms with van der Waals surface area (Å²) >= 11 is 0. The number of anilines is 1. The number of aromatic nitrogens is 1. The first-order valence-corrected chi connectivity index (χ1v) is 9.40. The van der Waals surface area contributed by atoms with Crippen molar-refractivity contribution in [1.82, 2.24) is 10.4 Å². The standard InChI is InChI=1S/C23H22N4O3/c1-17(26-27-23(29)19-8-5-13-24-15-19)14-22(28)25-20-9-11-21(12-10-20)30-16-18-6-3-2-4-7-18/h2-13,15H,14,16H2,1H3,(H,25,28)(H,27,29)/b26-17+.